The third kappa shape index (κ3) is 5.17. The molecule has 2 aromatic carbocycles. The zero-order valence-electron chi connectivity index (χ0n) is 13.4. The van der Waals surface area contributed by atoms with Crippen LogP contribution in [0.2, 0.25) is 0 Å². The fourth-order valence-corrected chi connectivity index (χ4v) is 2.20. The largest absolute Gasteiger partial charge is 0.489 e. The van der Waals surface area contributed by atoms with Gasteiger partial charge in [0.2, 0.25) is 0 Å². The SMILES string of the molecule is CC[C@@H](CO)NCc1cccc(OCc2ccc(C)cc2)c1. The van der Waals surface area contributed by atoms with E-state index in [4.69, 9.17) is 4.74 Å². The predicted octanol–water partition coefficient (Wildman–Crippen LogP) is 3.43. The van der Waals surface area contributed by atoms with Gasteiger partial charge in [-0.3, -0.25) is 0 Å². The lowest BCUT2D eigenvalue weighted by Gasteiger charge is -2.14. The second kappa shape index (κ2) is 8.57. The molecule has 0 aliphatic heterocycles. The molecule has 0 fully saturated rings. The third-order valence-corrected chi connectivity index (χ3v) is 3.73. The lowest BCUT2D eigenvalue weighted by molar-refractivity contribution is 0.238. The summed E-state index contributed by atoms with van der Waals surface area (Å²) in [5, 5.41) is 12.5. The van der Waals surface area contributed by atoms with Gasteiger partial charge in [-0.15, -0.1) is 0 Å². The van der Waals surface area contributed by atoms with Crippen molar-refractivity contribution in [3.63, 3.8) is 0 Å². The Morgan fingerprint density at radius 1 is 1.09 bits per heavy atom. The molecule has 2 rings (SSSR count). The number of rotatable bonds is 8. The summed E-state index contributed by atoms with van der Waals surface area (Å²) in [7, 11) is 0. The molecule has 0 aliphatic carbocycles. The van der Waals surface area contributed by atoms with Gasteiger partial charge in [-0.2, -0.15) is 0 Å². The number of hydrogen-bond donors (Lipinski definition) is 2. The van der Waals surface area contributed by atoms with Crippen LogP contribution in [0, 0.1) is 6.92 Å². The molecule has 0 saturated carbocycles. The van der Waals surface area contributed by atoms with Gasteiger partial charge in [-0.25, -0.2) is 0 Å². The molecule has 0 heterocycles. The monoisotopic (exact) mass is 299 g/mol. The molecule has 1 atom stereocenters. The summed E-state index contributed by atoms with van der Waals surface area (Å²) < 4.78 is 5.85. The number of aliphatic hydroxyl groups excluding tert-OH is 1. The fraction of sp³-hybridized carbons (Fsp3) is 0.368. The first kappa shape index (κ1) is 16.5. The highest BCUT2D eigenvalue weighted by Crippen LogP contribution is 2.15. The summed E-state index contributed by atoms with van der Waals surface area (Å²) in [6.07, 6.45) is 0.917. The van der Waals surface area contributed by atoms with Crippen molar-refractivity contribution in [2.45, 2.75) is 39.5 Å². The maximum Gasteiger partial charge on any atom is 0.120 e. The van der Waals surface area contributed by atoms with E-state index < -0.39 is 0 Å². The van der Waals surface area contributed by atoms with Crippen LogP contribution in [0.25, 0.3) is 0 Å². The molecule has 0 radical (unpaired) electrons. The number of hydrogen-bond acceptors (Lipinski definition) is 3. The minimum Gasteiger partial charge on any atom is -0.489 e. The van der Waals surface area contributed by atoms with Gasteiger partial charge in [0.25, 0.3) is 0 Å². The van der Waals surface area contributed by atoms with Gasteiger partial charge < -0.3 is 15.2 Å². The standard InChI is InChI=1S/C19H25NO2/c1-3-18(13-21)20-12-17-5-4-6-19(11-17)22-14-16-9-7-15(2)8-10-16/h4-11,18,20-21H,3,12-14H2,1-2H3/t18-/m0/s1. The van der Waals surface area contributed by atoms with E-state index >= 15 is 0 Å². The Balaban J connectivity index is 1.89. The first-order valence-electron chi connectivity index (χ1n) is 7.82. The molecule has 0 aliphatic rings. The van der Waals surface area contributed by atoms with Crippen molar-refractivity contribution < 1.29 is 9.84 Å². The Bertz CT molecular complexity index is 562. The quantitative estimate of drug-likeness (QED) is 0.784. The van der Waals surface area contributed by atoms with Gasteiger partial charge in [0.15, 0.2) is 0 Å². The Labute approximate surface area is 133 Å². The Hall–Kier alpha value is -1.84. The maximum absolute atomic E-state index is 9.20. The number of nitrogens with one attached hydrogen (secondary N) is 1. The number of ether oxygens (including phenoxy) is 1. The van der Waals surface area contributed by atoms with Gasteiger partial charge in [-0.1, -0.05) is 48.9 Å². The molecule has 0 spiro atoms. The van der Waals surface area contributed by atoms with Crippen LogP contribution in [0.1, 0.15) is 30.0 Å². The van der Waals surface area contributed by atoms with Gasteiger partial charge >= 0.3 is 0 Å². The minimum absolute atomic E-state index is 0.150. The summed E-state index contributed by atoms with van der Waals surface area (Å²) in [5.41, 5.74) is 3.58. The second-order valence-electron chi connectivity index (χ2n) is 5.59. The van der Waals surface area contributed by atoms with Crippen molar-refractivity contribution in [2.75, 3.05) is 6.61 Å². The van der Waals surface area contributed by atoms with E-state index in [0.29, 0.717) is 6.61 Å². The molecule has 0 unspecified atom stereocenters. The van der Waals surface area contributed by atoms with Crippen molar-refractivity contribution in [3.8, 4) is 5.75 Å². The van der Waals surface area contributed by atoms with E-state index in [-0.39, 0.29) is 12.6 Å². The van der Waals surface area contributed by atoms with Crippen LogP contribution in [0.4, 0.5) is 0 Å². The van der Waals surface area contributed by atoms with E-state index in [1.807, 2.05) is 18.2 Å². The van der Waals surface area contributed by atoms with Gasteiger partial charge in [0.05, 0.1) is 6.61 Å². The third-order valence-electron chi connectivity index (χ3n) is 3.73. The molecule has 0 saturated heterocycles. The van der Waals surface area contributed by atoms with Crippen LogP contribution in [-0.2, 0) is 13.2 Å². The summed E-state index contributed by atoms with van der Waals surface area (Å²) >= 11 is 0. The second-order valence-corrected chi connectivity index (χ2v) is 5.59. The highest BCUT2D eigenvalue weighted by molar-refractivity contribution is 5.29. The Morgan fingerprint density at radius 2 is 1.86 bits per heavy atom. The van der Waals surface area contributed by atoms with E-state index in [1.165, 1.54) is 11.1 Å². The summed E-state index contributed by atoms with van der Waals surface area (Å²) in [5.74, 6) is 0.872. The number of aliphatic hydroxyl groups is 1. The number of benzene rings is 2. The lowest BCUT2D eigenvalue weighted by atomic mass is 10.1. The topological polar surface area (TPSA) is 41.5 Å². The van der Waals surface area contributed by atoms with Crippen LogP contribution in [-0.4, -0.2) is 17.8 Å². The van der Waals surface area contributed by atoms with Crippen LogP contribution in [0.3, 0.4) is 0 Å². The van der Waals surface area contributed by atoms with Gasteiger partial charge in [0.1, 0.15) is 12.4 Å². The zero-order chi connectivity index (χ0) is 15.8. The van der Waals surface area contributed by atoms with Gasteiger partial charge in [0, 0.05) is 12.6 Å². The van der Waals surface area contributed by atoms with Crippen LogP contribution in [0.5, 0.6) is 5.75 Å². The maximum atomic E-state index is 9.20. The molecule has 3 heteroatoms. The molecule has 2 aromatic rings. The highest BCUT2D eigenvalue weighted by Gasteiger charge is 2.04. The average Bonchev–Trinajstić information content (AvgIpc) is 2.56. The van der Waals surface area contributed by atoms with Crippen LogP contribution < -0.4 is 10.1 Å². The zero-order valence-corrected chi connectivity index (χ0v) is 13.4. The van der Waals surface area contributed by atoms with E-state index in [0.717, 1.165) is 24.3 Å². The lowest BCUT2D eigenvalue weighted by Crippen LogP contribution is -2.31. The molecule has 22 heavy (non-hydrogen) atoms. The molecule has 0 amide bonds. The van der Waals surface area contributed by atoms with Crippen molar-refractivity contribution in [1.29, 1.82) is 0 Å². The average molecular weight is 299 g/mol. The summed E-state index contributed by atoms with van der Waals surface area (Å²) in [6, 6.07) is 16.6. The highest BCUT2D eigenvalue weighted by atomic mass is 16.5. The Morgan fingerprint density at radius 3 is 2.55 bits per heavy atom. The van der Waals surface area contributed by atoms with Crippen molar-refractivity contribution in [3.05, 3.63) is 65.2 Å². The smallest absolute Gasteiger partial charge is 0.120 e. The summed E-state index contributed by atoms with van der Waals surface area (Å²) in [4.78, 5) is 0. The normalized spacial score (nSPS) is 12.1. The first-order chi connectivity index (χ1) is 10.7. The molecular formula is C19H25NO2. The molecular weight excluding hydrogens is 274 g/mol. The first-order valence-corrected chi connectivity index (χ1v) is 7.82. The van der Waals surface area contributed by atoms with Gasteiger partial charge in [-0.05, 0) is 36.6 Å². The fourth-order valence-electron chi connectivity index (χ4n) is 2.20. The predicted molar refractivity (Wildman–Crippen MR) is 90.0 cm³/mol. The minimum atomic E-state index is 0.150. The molecule has 118 valence electrons. The number of aryl methyl sites for hydroxylation is 1. The molecule has 2 N–H and O–H groups in total. The van der Waals surface area contributed by atoms with Crippen LogP contribution >= 0.6 is 0 Å². The van der Waals surface area contributed by atoms with Crippen molar-refractivity contribution >= 4 is 0 Å². The van der Waals surface area contributed by atoms with Crippen molar-refractivity contribution in [1.82, 2.24) is 5.32 Å². The molecule has 0 aromatic heterocycles. The van der Waals surface area contributed by atoms with Crippen LogP contribution in [0.15, 0.2) is 48.5 Å². The Kier molecular flexibility index (Phi) is 6.44. The molecule has 0 bridgehead atoms. The van der Waals surface area contributed by atoms with E-state index in [1.54, 1.807) is 0 Å². The molecule has 3 nitrogen and oxygen atoms in total. The summed E-state index contributed by atoms with van der Waals surface area (Å²) in [6.45, 7) is 5.62. The van der Waals surface area contributed by atoms with Crippen molar-refractivity contribution in [2.24, 2.45) is 0 Å². The van der Waals surface area contributed by atoms with E-state index in [2.05, 4.69) is 49.5 Å². The van der Waals surface area contributed by atoms with E-state index in [9.17, 15) is 5.11 Å².